The van der Waals surface area contributed by atoms with E-state index >= 15 is 0 Å². The molecule has 0 spiro atoms. The van der Waals surface area contributed by atoms with E-state index < -0.39 is 23.4 Å². The maximum atomic E-state index is 12.4. The van der Waals surface area contributed by atoms with Crippen molar-refractivity contribution in [2.45, 2.75) is 18.7 Å². The van der Waals surface area contributed by atoms with Gasteiger partial charge in [0.15, 0.2) is 0 Å². The maximum Gasteiger partial charge on any atom is 0.433 e. The van der Waals surface area contributed by atoms with Crippen molar-refractivity contribution in [3.8, 4) is 0 Å². The lowest BCUT2D eigenvalue weighted by Gasteiger charge is -2.24. The zero-order chi connectivity index (χ0) is 17.1. The van der Waals surface area contributed by atoms with Crippen LogP contribution in [0, 0.1) is 0 Å². The Balaban J connectivity index is 2.02. The Kier molecular flexibility index (Phi) is 4.70. The topological polar surface area (TPSA) is 62.2 Å². The molecule has 0 aliphatic rings. The lowest BCUT2D eigenvalue weighted by molar-refractivity contribution is -0.141. The predicted octanol–water partition coefficient (Wildman–Crippen LogP) is 2.74. The molecule has 1 aromatic carbocycles. The third-order valence-corrected chi connectivity index (χ3v) is 3.30. The first-order valence-corrected chi connectivity index (χ1v) is 6.79. The molecule has 0 saturated carbocycles. The fraction of sp³-hybridized carbons (Fsp3) is 0.250. The number of nitrogens with zero attached hydrogens (tertiary/aromatic N) is 1. The average Bonchev–Trinajstić information content (AvgIpc) is 2.53. The van der Waals surface area contributed by atoms with E-state index in [1.807, 2.05) is 0 Å². The highest BCUT2D eigenvalue weighted by molar-refractivity contribution is 5.93. The third-order valence-electron chi connectivity index (χ3n) is 3.30. The number of aromatic nitrogens is 1. The molecule has 1 aromatic heterocycles. The number of amides is 1. The number of hydrogen-bond acceptors (Lipinski definition) is 3. The number of rotatable bonds is 4. The van der Waals surface area contributed by atoms with E-state index in [0.29, 0.717) is 5.56 Å². The van der Waals surface area contributed by atoms with E-state index in [1.54, 1.807) is 30.3 Å². The second kappa shape index (κ2) is 6.37. The molecular formula is C16H15F3N2O2. The minimum atomic E-state index is -4.55. The molecule has 0 aliphatic heterocycles. The summed E-state index contributed by atoms with van der Waals surface area (Å²) in [4.78, 5) is 15.2. The van der Waals surface area contributed by atoms with Gasteiger partial charge in [0.2, 0.25) is 0 Å². The number of pyridine rings is 1. The van der Waals surface area contributed by atoms with Crippen molar-refractivity contribution in [2.24, 2.45) is 0 Å². The lowest BCUT2D eigenvalue weighted by Crippen LogP contribution is -2.38. The Hall–Kier alpha value is -2.41. The van der Waals surface area contributed by atoms with E-state index in [-0.39, 0.29) is 12.1 Å². The molecule has 1 atom stereocenters. The number of carbonyl (C=O) groups is 1. The zero-order valence-electron chi connectivity index (χ0n) is 12.3. The van der Waals surface area contributed by atoms with Gasteiger partial charge in [-0.1, -0.05) is 30.3 Å². The van der Waals surface area contributed by atoms with Crippen molar-refractivity contribution in [3.63, 3.8) is 0 Å². The van der Waals surface area contributed by atoms with E-state index in [1.165, 1.54) is 6.92 Å². The summed E-state index contributed by atoms with van der Waals surface area (Å²) in [6, 6.07) is 10.5. The second-order valence-electron chi connectivity index (χ2n) is 5.25. The standard InChI is InChI=1S/C16H15F3N2O2/c1-15(23,12-5-3-2-4-6-12)10-21-14(22)11-7-8-13(20-9-11)16(17,18)19/h2-9,23H,10H2,1H3,(H,21,22). The van der Waals surface area contributed by atoms with Gasteiger partial charge in [0.05, 0.1) is 12.1 Å². The summed E-state index contributed by atoms with van der Waals surface area (Å²) < 4.78 is 37.2. The van der Waals surface area contributed by atoms with Crippen LogP contribution in [0.4, 0.5) is 13.2 Å². The highest BCUT2D eigenvalue weighted by Crippen LogP contribution is 2.27. The molecule has 0 radical (unpaired) electrons. The van der Waals surface area contributed by atoms with Crippen molar-refractivity contribution in [3.05, 3.63) is 65.5 Å². The van der Waals surface area contributed by atoms with Gasteiger partial charge in [0.25, 0.3) is 5.91 Å². The Morgan fingerprint density at radius 1 is 1.17 bits per heavy atom. The van der Waals surface area contributed by atoms with Crippen LogP contribution >= 0.6 is 0 Å². The molecule has 1 amide bonds. The molecule has 0 bridgehead atoms. The van der Waals surface area contributed by atoms with Crippen LogP contribution in [0.3, 0.4) is 0 Å². The van der Waals surface area contributed by atoms with Crippen LogP contribution < -0.4 is 5.32 Å². The van der Waals surface area contributed by atoms with Crippen molar-refractivity contribution in [2.75, 3.05) is 6.54 Å². The van der Waals surface area contributed by atoms with Crippen LogP contribution in [0.5, 0.6) is 0 Å². The summed E-state index contributed by atoms with van der Waals surface area (Å²) in [5.74, 6) is -0.609. The number of hydrogen-bond donors (Lipinski definition) is 2. The summed E-state index contributed by atoms with van der Waals surface area (Å²) >= 11 is 0. The van der Waals surface area contributed by atoms with Gasteiger partial charge in [-0.3, -0.25) is 9.78 Å². The van der Waals surface area contributed by atoms with Crippen LogP contribution in [0.2, 0.25) is 0 Å². The van der Waals surface area contributed by atoms with Gasteiger partial charge in [-0.25, -0.2) is 0 Å². The van der Waals surface area contributed by atoms with Gasteiger partial charge in [-0.05, 0) is 24.6 Å². The first kappa shape index (κ1) is 17.0. The van der Waals surface area contributed by atoms with Crippen LogP contribution in [-0.2, 0) is 11.8 Å². The molecule has 122 valence electrons. The van der Waals surface area contributed by atoms with Gasteiger partial charge in [-0.2, -0.15) is 13.2 Å². The molecule has 0 saturated heterocycles. The normalized spacial score (nSPS) is 14.1. The van der Waals surface area contributed by atoms with Gasteiger partial charge in [0, 0.05) is 6.20 Å². The fourth-order valence-corrected chi connectivity index (χ4v) is 1.95. The van der Waals surface area contributed by atoms with Gasteiger partial charge in [0.1, 0.15) is 11.3 Å². The molecule has 0 aliphatic carbocycles. The number of aliphatic hydroxyl groups is 1. The minimum absolute atomic E-state index is 0.0122. The number of benzene rings is 1. The van der Waals surface area contributed by atoms with Crippen LogP contribution in [0.25, 0.3) is 0 Å². The molecule has 1 unspecified atom stereocenters. The summed E-state index contributed by atoms with van der Waals surface area (Å²) in [6.45, 7) is 1.45. The first-order chi connectivity index (χ1) is 10.7. The maximum absolute atomic E-state index is 12.4. The summed E-state index contributed by atoms with van der Waals surface area (Å²) in [5, 5.41) is 12.8. The minimum Gasteiger partial charge on any atom is -0.384 e. The monoisotopic (exact) mass is 324 g/mol. The third kappa shape index (κ3) is 4.29. The van der Waals surface area contributed by atoms with Gasteiger partial charge in [-0.15, -0.1) is 0 Å². The molecule has 0 fully saturated rings. The molecule has 7 heteroatoms. The molecule has 2 N–H and O–H groups in total. The predicted molar refractivity (Wildman–Crippen MR) is 77.6 cm³/mol. The average molecular weight is 324 g/mol. The van der Waals surface area contributed by atoms with Crippen molar-refractivity contribution in [1.82, 2.24) is 10.3 Å². The summed E-state index contributed by atoms with van der Waals surface area (Å²) in [6.07, 6.45) is -3.69. The molecule has 4 nitrogen and oxygen atoms in total. The lowest BCUT2D eigenvalue weighted by atomic mass is 9.96. The number of nitrogens with one attached hydrogen (secondary N) is 1. The Labute approximate surface area is 131 Å². The summed E-state index contributed by atoms with van der Waals surface area (Å²) in [5.41, 5.74) is -1.76. The Morgan fingerprint density at radius 2 is 1.83 bits per heavy atom. The van der Waals surface area contributed by atoms with E-state index in [4.69, 9.17) is 0 Å². The molecular weight excluding hydrogens is 309 g/mol. The number of halogens is 3. The van der Waals surface area contributed by atoms with Crippen molar-refractivity contribution in [1.29, 1.82) is 0 Å². The Morgan fingerprint density at radius 3 is 2.35 bits per heavy atom. The number of carbonyl (C=O) groups excluding carboxylic acids is 1. The van der Waals surface area contributed by atoms with E-state index in [9.17, 15) is 23.1 Å². The van der Waals surface area contributed by atoms with Crippen LogP contribution in [-0.4, -0.2) is 22.5 Å². The molecule has 2 rings (SSSR count). The van der Waals surface area contributed by atoms with Crippen molar-refractivity contribution < 1.29 is 23.1 Å². The molecule has 1 heterocycles. The molecule has 23 heavy (non-hydrogen) atoms. The smallest absolute Gasteiger partial charge is 0.384 e. The second-order valence-corrected chi connectivity index (χ2v) is 5.25. The van der Waals surface area contributed by atoms with E-state index in [0.717, 1.165) is 18.3 Å². The van der Waals surface area contributed by atoms with E-state index in [2.05, 4.69) is 10.3 Å². The van der Waals surface area contributed by atoms with Crippen LogP contribution in [0.15, 0.2) is 48.7 Å². The zero-order valence-corrected chi connectivity index (χ0v) is 12.3. The summed E-state index contributed by atoms with van der Waals surface area (Å²) in [7, 11) is 0. The number of alkyl halides is 3. The SMILES string of the molecule is CC(O)(CNC(=O)c1ccc(C(F)(F)F)nc1)c1ccccc1. The van der Waals surface area contributed by atoms with Crippen LogP contribution in [0.1, 0.15) is 28.5 Å². The fourth-order valence-electron chi connectivity index (χ4n) is 1.95. The largest absolute Gasteiger partial charge is 0.433 e. The highest BCUT2D eigenvalue weighted by Gasteiger charge is 2.32. The first-order valence-electron chi connectivity index (χ1n) is 6.79. The van der Waals surface area contributed by atoms with Crippen molar-refractivity contribution >= 4 is 5.91 Å². The quantitative estimate of drug-likeness (QED) is 0.909. The highest BCUT2D eigenvalue weighted by atomic mass is 19.4. The Bertz CT molecular complexity index is 668. The van der Waals surface area contributed by atoms with Gasteiger partial charge < -0.3 is 10.4 Å². The molecule has 2 aromatic rings. The van der Waals surface area contributed by atoms with Gasteiger partial charge >= 0.3 is 6.18 Å².